The summed E-state index contributed by atoms with van der Waals surface area (Å²) in [6, 6.07) is 4.62. The third kappa shape index (κ3) is 4.57. The van der Waals surface area contributed by atoms with E-state index in [0.29, 0.717) is 22.5 Å². The largest absolute Gasteiger partial charge is 0.434 e. The van der Waals surface area contributed by atoms with E-state index in [4.69, 9.17) is 16.3 Å². The SMILES string of the molecule is CN=C(NCc1cc(Cl)ccc1OC(F)F)N1CCC2(CCOCC2)C1. The van der Waals surface area contributed by atoms with E-state index in [-0.39, 0.29) is 5.75 Å². The molecule has 26 heavy (non-hydrogen) atoms. The van der Waals surface area contributed by atoms with Gasteiger partial charge in [0, 0.05) is 50.5 Å². The van der Waals surface area contributed by atoms with E-state index in [1.807, 2.05) is 0 Å². The van der Waals surface area contributed by atoms with Crippen LogP contribution in [0.15, 0.2) is 23.2 Å². The van der Waals surface area contributed by atoms with Crippen molar-refractivity contribution in [2.24, 2.45) is 10.4 Å². The molecule has 2 fully saturated rings. The monoisotopic (exact) mass is 387 g/mol. The molecule has 8 heteroatoms. The molecule has 144 valence electrons. The van der Waals surface area contributed by atoms with Crippen LogP contribution in [0.1, 0.15) is 24.8 Å². The van der Waals surface area contributed by atoms with Crippen molar-refractivity contribution in [2.45, 2.75) is 32.4 Å². The lowest BCUT2D eigenvalue weighted by Gasteiger charge is -2.33. The summed E-state index contributed by atoms with van der Waals surface area (Å²) in [5.74, 6) is 0.881. The van der Waals surface area contributed by atoms with Crippen LogP contribution in [-0.4, -0.2) is 50.8 Å². The molecule has 0 bridgehead atoms. The number of ether oxygens (including phenoxy) is 2. The summed E-state index contributed by atoms with van der Waals surface area (Å²) in [7, 11) is 1.73. The predicted molar refractivity (Wildman–Crippen MR) is 97.0 cm³/mol. The molecule has 2 heterocycles. The molecule has 1 spiro atoms. The Bertz CT molecular complexity index is 651. The van der Waals surface area contributed by atoms with Gasteiger partial charge in [0.1, 0.15) is 5.75 Å². The minimum Gasteiger partial charge on any atom is -0.434 e. The molecule has 2 saturated heterocycles. The van der Waals surface area contributed by atoms with Crippen molar-refractivity contribution < 1.29 is 18.3 Å². The van der Waals surface area contributed by atoms with Crippen LogP contribution in [-0.2, 0) is 11.3 Å². The van der Waals surface area contributed by atoms with Gasteiger partial charge < -0.3 is 19.7 Å². The number of aliphatic imine (C=N–C) groups is 1. The van der Waals surface area contributed by atoms with Gasteiger partial charge in [-0.2, -0.15) is 8.78 Å². The Morgan fingerprint density at radius 2 is 2.15 bits per heavy atom. The van der Waals surface area contributed by atoms with Gasteiger partial charge in [0.2, 0.25) is 0 Å². The fourth-order valence-corrected chi connectivity index (χ4v) is 3.93. The van der Waals surface area contributed by atoms with Crippen LogP contribution >= 0.6 is 11.6 Å². The number of hydrogen-bond acceptors (Lipinski definition) is 3. The van der Waals surface area contributed by atoms with Crippen LogP contribution in [0.5, 0.6) is 5.75 Å². The lowest BCUT2D eigenvalue weighted by molar-refractivity contribution is -0.0504. The van der Waals surface area contributed by atoms with Gasteiger partial charge in [-0.15, -0.1) is 0 Å². The summed E-state index contributed by atoms with van der Waals surface area (Å²) in [4.78, 5) is 6.58. The van der Waals surface area contributed by atoms with E-state index in [0.717, 1.165) is 51.5 Å². The number of halogens is 3. The quantitative estimate of drug-likeness (QED) is 0.634. The van der Waals surface area contributed by atoms with E-state index >= 15 is 0 Å². The number of benzene rings is 1. The summed E-state index contributed by atoms with van der Waals surface area (Å²) in [5.41, 5.74) is 0.870. The second kappa shape index (κ2) is 8.39. The van der Waals surface area contributed by atoms with Gasteiger partial charge in [0.15, 0.2) is 5.96 Å². The smallest absolute Gasteiger partial charge is 0.387 e. The van der Waals surface area contributed by atoms with E-state index in [2.05, 4.69) is 19.9 Å². The van der Waals surface area contributed by atoms with Crippen LogP contribution < -0.4 is 10.1 Å². The fourth-order valence-electron chi connectivity index (χ4n) is 3.73. The number of rotatable bonds is 4. The van der Waals surface area contributed by atoms with Crippen molar-refractivity contribution in [3.8, 4) is 5.75 Å². The molecular formula is C18H24ClF2N3O2. The number of nitrogens with zero attached hydrogens (tertiary/aromatic N) is 2. The first kappa shape index (κ1) is 19.2. The first-order chi connectivity index (χ1) is 12.5. The third-order valence-electron chi connectivity index (χ3n) is 5.18. The summed E-state index contributed by atoms with van der Waals surface area (Å²) in [6.45, 7) is 0.929. The maximum Gasteiger partial charge on any atom is 0.387 e. The van der Waals surface area contributed by atoms with E-state index in [1.165, 1.54) is 12.1 Å². The average molecular weight is 388 g/mol. The fraction of sp³-hybridized carbons (Fsp3) is 0.611. The summed E-state index contributed by atoms with van der Waals surface area (Å²) in [6.07, 6.45) is 3.26. The predicted octanol–water partition coefficient (Wildman–Crippen LogP) is 3.52. The van der Waals surface area contributed by atoms with Crippen LogP contribution in [0.2, 0.25) is 5.02 Å². The summed E-state index contributed by atoms with van der Waals surface area (Å²) < 4.78 is 35.3. The van der Waals surface area contributed by atoms with Crippen LogP contribution in [0, 0.1) is 5.41 Å². The average Bonchev–Trinajstić information content (AvgIpc) is 3.01. The van der Waals surface area contributed by atoms with Crippen molar-refractivity contribution in [2.75, 3.05) is 33.4 Å². The molecule has 0 atom stereocenters. The Balaban J connectivity index is 1.64. The molecule has 5 nitrogen and oxygen atoms in total. The number of alkyl halides is 2. The molecule has 0 aromatic heterocycles. The zero-order chi connectivity index (χ0) is 18.6. The maximum atomic E-state index is 12.6. The minimum atomic E-state index is -2.87. The molecular weight excluding hydrogens is 364 g/mol. The molecule has 0 aliphatic carbocycles. The van der Waals surface area contributed by atoms with Crippen molar-refractivity contribution >= 4 is 17.6 Å². The standard InChI is InChI=1S/C18H24ClF2N3O2/c1-22-17(24-7-4-18(12-24)5-8-25-9-6-18)23-11-13-10-14(19)2-3-15(13)26-16(20)21/h2-3,10,16H,4-9,11-12H2,1H3,(H,22,23). The lowest BCUT2D eigenvalue weighted by atomic mass is 9.80. The van der Waals surface area contributed by atoms with Gasteiger partial charge in [-0.05, 0) is 42.9 Å². The van der Waals surface area contributed by atoms with Crippen LogP contribution in [0.25, 0.3) is 0 Å². The highest BCUT2D eigenvalue weighted by molar-refractivity contribution is 6.30. The molecule has 0 amide bonds. The highest BCUT2D eigenvalue weighted by Gasteiger charge is 2.40. The molecule has 0 unspecified atom stereocenters. The van der Waals surface area contributed by atoms with Gasteiger partial charge in [-0.25, -0.2) is 0 Å². The van der Waals surface area contributed by atoms with Crippen molar-refractivity contribution in [3.05, 3.63) is 28.8 Å². The maximum absolute atomic E-state index is 12.6. The number of nitrogens with one attached hydrogen (secondary N) is 1. The van der Waals surface area contributed by atoms with Crippen LogP contribution in [0.4, 0.5) is 8.78 Å². The molecule has 1 aromatic carbocycles. The second-order valence-corrected chi connectivity index (χ2v) is 7.25. The Labute approximate surface area is 157 Å². The third-order valence-corrected chi connectivity index (χ3v) is 5.41. The van der Waals surface area contributed by atoms with Crippen LogP contribution in [0.3, 0.4) is 0 Å². The zero-order valence-corrected chi connectivity index (χ0v) is 15.6. The van der Waals surface area contributed by atoms with Crippen molar-refractivity contribution in [1.29, 1.82) is 0 Å². The minimum absolute atomic E-state index is 0.120. The normalized spacial score (nSPS) is 20.0. The molecule has 0 radical (unpaired) electrons. The molecule has 1 aromatic rings. The second-order valence-electron chi connectivity index (χ2n) is 6.82. The summed E-state index contributed by atoms with van der Waals surface area (Å²) >= 11 is 6.00. The zero-order valence-electron chi connectivity index (χ0n) is 14.8. The van der Waals surface area contributed by atoms with E-state index in [1.54, 1.807) is 13.1 Å². The van der Waals surface area contributed by atoms with Gasteiger partial charge >= 0.3 is 6.61 Å². The van der Waals surface area contributed by atoms with E-state index in [9.17, 15) is 8.78 Å². The van der Waals surface area contributed by atoms with Crippen molar-refractivity contribution in [1.82, 2.24) is 10.2 Å². The van der Waals surface area contributed by atoms with Gasteiger partial charge in [0.05, 0.1) is 0 Å². The molecule has 0 saturated carbocycles. The molecule has 3 rings (SSSR count). The lowest BCUT2D eigenvalue weighted by Crippen LogP contribution is -2.42. The number of likely N-dealkylation sites (tertiary alicyclic amines) is 1. The first-order valence-electron chi connectivity index (χ1n) is 8.78. The summed E-state index contributed by atoms with van der Waals surface area (Å²) in [5, 5.41) is 3.72. The Morgan fingerprint density at radius 3 is 2.85 bits per heavy atom. The topological polar surface area (TPSA) is 46.1 Å². The number of guanidine groups is 1. The number of hydrogen-bond donors (Lipinski definition) is 1. The first-order valence-corrected chi connectivity index (χ1v) is 9.16. The Hall–Kier alpha value is -1.60. The Morgan fingerprint density at radius 1 is 1.38 bits per heavy atom. The molecule has 1 N–H and O–H groups in total. The van der Waals surface area contributed by atoms with Gasteiger partial charge in [0.25, 0.3) is 0 Å². The Kier molecular flexibility index (Phi) is 6.19. The highest BCUT2D eigenvalue weighted by Crippen LogP contribution is 2.39. The van der Waals surface area contributed by atoms with Crippen molar-refractivity contribution in [3.63, 3.8) is 0 Å². The van der Waals surface area contributed by atoms with Gasteiger partial charge in [-0.3, -0.25) is 4.99 Å². The van der Waals surface area contributed by atoms with Gasteiger partial charge in [-0.1, -0.05) is 11.6 Å². The van der Waals surface area contributed by atoms with E-state index < -0.39 is 6.61 Å². The molecule has 2 aliphatic heterocycles. The highest BCUT2D eigenvalue weighted by atomic mass is 35.5. The molecule has 2 aliphatic rings.